The maximum atomic E-state index is 12.7. The number of thiazole rings is 1. The van der Waals surface area contributed by atoms with E-state index in [-0.39, 0.29) is 11.8 Å². The van der Waals surface area contributed by atoms with E-state index in [9.17, 15) is 9.59 Å². The molecule has 0 saturated carbocycles. The van der Waals surface area contributed by atoms with Crippen molar-refractivity contribution in [1.82, 2.24) is 15.3 Å². The third-order valence-corrected chi connectivity index (χ3v) is 6.20. The number of pyridine rings is 1. The Morgan fingerprint density at radius 3 is 2.66 bits per heavy atom. The first-order valence-corrected chi connectivity index (χ1v) is 11.8. The van der Waals surface area contributed by atoms with Gasteiger partial charge < -0.3 is 10.2 Å². The van der Waals surface area contributed by atoms with Crippen molar-refractivity contribution in [2.45, 2.75) is 32.6 Å². The van der Waals surface area contributed by atoms with Crippen molar-refractivity contribution in [1.29, 1.82) is 0 Å². The predicted molar refractivity (Wildman–Crippen MR) is 128 cm³/mol. The molecule has 4 rings (SSSR count). The monoisotopic (exact) mass is 449 g/mol. The van der Waals surface area contributed by atoms with E-state index in [1.807, 2.05) is 29.6 Å². The van der Waals surface area contributed by atoms with Gasteiger partial charge in [0.1, 0.15) is 5.69 Å². The van der Waals surface area contributed by atoms with Crippen LogP contribution >= 0.6 is 11.3 Å². The number of aromatic nitrogens is 2. The van der Waals surface area contributed by atoms with Gasteiger partial charge in [0.05, 0.1) is 5.69 Å². The average Bonchev–Trinajstić information content (AvgIpc) is 3.50. The van der Waals surface area contributed by atoms with Crippen LogP contribution in [0.1, 0.15) is 42.2 Å². The Kier molecular flexibility index (Phi) is 7.11. The van der Waals surface area contributed by atoms with Gasteiger partial charge in [-0.2, -0.15) is 0 Å². The first-order chi connectivity index (χ1) is 15.6. The van der Waals surface area contributed by atoms with E-state index in [1.54, 1.807) is 6.20 Å². The zero-order valence-corrected chi connectivity index (χ0v) is 19.0. The Bertz CT molecular complexity index is 1070. The van der Waals surface area contributed by atoms with Crippen LogP contribution in [0, 0.1) is 0 Å². The van der Waals surface area contributed by atoms with E-state index in [0.717, 1.165) is 42.9 Å². The van der Waals surface area contributed by atoms with E-state index in [1.165, 1.54) is 36.7 Å². The maximum Gasteiger partial charge on any atom is 0.276 e. The number of nitrogens with zero attached hydrogens (tertiary/aromatic N) is 3. The van der Waals surface area contributed by atoms with E-state index in [4.69, 9.17) is 0 Å². The number of amides is 2. The Labute approximate surface area is 191 Å². The Balaban J connectivity index is 1.35. The van der Waals surface area contributed by atoms with Crippen LogP contribution in [0.3, 0.4) is 0 Å². The number of anilines is 2. The second-order valence-corrected chi connectivity index (χ2v) is 8.73. The molecule has 0 aliphatic carbocycles. The lowest BCUT2D eigenvalue weighted by Crippen LogP contribution is -2.21. The molecule has 0 spiro atoms. The van der Waals surface area contributed by atoms with Crippen LogP contribution in [-0.2, 0) is 11.2 Å². The lowest BCUT2D eigenvalue weighted by atomic mass is 10.1. The lowest BCUT2D eigenvalue weighted by Gasteiger charge is -2.17. The zero-order chi connectivity index (χ0) is 22.3. The number of carbonyl (C=O) groups is 2. The number of nitrogens with one attached hydrogen (secondary N) is 2. The molecule has 7 nitrogen and oxygen atoms in total. The van der Waals surface area contributed by atoms with Gasteiger partial charge in [0.25, 0.3) is 5.91 Å². The van der Waals surface area contributed by atoms with Crippen LogP contribution in [0.2, 0.25) is 0 Å². The van der Waals surface area contributed by atoms with Gasteiger partial charge >= 0.3 is 0 Å². The largest absolute Gasteiger partial charge is 0.371 e. The first kappa shape index (κ1) is 22.0. The SMILES string of the molecule is CC(=O)NCCCc1ccc(-c2csc(NC(=O)c3cc(N4CCCC4)ccn3)n2)cc1. The van der Waals surface area contributed by atoms with Crippen molar-refractivity contribution < 1.29 is 9.59 Å². The summed E-state index contributed by atoms with van der Waals surface area (Å²) in [6, 6.07) is 12.0. The zero-order valence-electron chi connectivity index (χ0n) is 18.1. The summed E-state index contributed by atoms with van der Waals surface area (Å²) < 4.78 is 0. The highest BCUT2D eigenvalue weighted by atomic mass is 32.1. The van der Waals surface area contributed by atoms with Crippen LogP contribution in [0.5, 0.6) is 0 Å². The number of hydrogen-bond acceptors (Lipinski definition) is 6. The predicted octanol–water partition coefficient (Wildman–Crippen LogP) is 4.13. The van der Waals surface area contributed by atoms with E-state index in [0.29, 0.717) is 17.4 Å². The molecule has 1 aromatic carbocycles. The summed E-state index contributed by atoms with van der Waals surface area (Å²) in [4.78, 5) is 34.7. The topological polar surface area (TPSA) is 87.2 Å². The van der Waals surface area contributed by atoms with Crippen LogP contribution < -0.4 is 15.5 Å². The van der Waals surface area contributed by atoms with Crippen molar-refractivity contribution in [3.8, 4) is 11.3 Å². The summed E-state index contributed by atoms with van der Waals surface area (Å²) in [7, 11) is 0. The van der Waals surface area contributed by atoms with Gasteiger partial charge in [-0.3, -0.25) is 19.9 Å². The molecule has 0 radical (unpaired) electrons. The molecule has 1 saturated heterocycles. The maximum absolute atomic E-state index is 12.7. The van der Waals surface area contributed by atoms with Gasteiger partial charge in [-0.1, -0.05) is 24.3 Å². The fourth-order valence-electron chi connectivity index (χ4n) is 3.74. The molecule has 166 valence electrons. The molecular weight excluding hydrogens is 422 g/mol. The summed E-state index contributed by atoms with van der Waals surface area (Å²) in [5, 5.41) is 8.18. The van der Waals surface area contributed by atoms with Crippen molar-refractivity contribution in [3.05, 3.63) is 59.2 Å². The van der Waals surface area contributed by atoms with Gasteiger partial charge in [0.15, 0.2) is 5.13 Å². The molecule has 2 aromatic heterocycles. The smallest absolute Gasteiger partial charge is 0.276 e. The third-order valence-electron chi connectivity index (χ3n) is 5.44. The van der Waals surface area contributed by atoms with Crippen LogP contribution in [0.4, 0.5) is 10.8 Å². The van der Waals surface area contributed by atoms with E-state index < -0.39 is 0 Å². The van der Waals surface area contributed by atoms with Gasteiger partial charge in [-0.15, -0.1) is 11.3 Å². The van der Waals surface area contributed by atoms with Crippen LogP contribution in [0.15, 0.2) is 48.0 Å². The van der Waals surface area contributed by atoms with Gasteiger partial charge in [-0.05, 0) is 43.4 Å². The summed E-state index contributed by atoms with van der Waals surface area (Å²) in [5.41, 5.74) is 4.48. The van der Waals surface area contributed by atoms with E-state index in [2.05, 4.69) is 37.6 Å². The van der Waals surface area contributed by atoms with Crippen LogP contribution in [0.25, 0.3) is 11.3 Å². The first-order valence-electron chi connectivity index (χ1n) is 10.9. The molecule has 0 unspecified atom stereocenters. The molecule has 32 heavy (non-hydrogen) atoms. The second kappa shape index (κ2) is 10.4. The minimum Gasteiger partial charge on any atom is -0.371 e. The second-order valence-electron chi connectivity index (χ2n) is 7.87. The highest BCUT2D eigenvalue weighted by Crippen LogP contribution is 2.26. The minimum atomic E-state index is -0.249. The number of hydrogen-bond donors (Lipinski definition) is 2. The van der Waals surface area contributed by atoms with Crippen molar-refractivity contribution in [2.75, 3.05) is 29.9 Å². The highest BCUT2D eigenvalue weighted by Gasteiger charge is 2.16. The summed E-state index contributed by atoms with van der Waals surface area (Å²) in [5.74, 6) is -0.247. The molecular formula is C24H27N5O2S. The molecule has 2 amide bonds. The van der Waals surface area contributed by atoms with Crippen molar-refractivity contribution in [3.63, 3.8) is 0 Å². The summed E-state index contributed by atoms with van der Waals surface area (Å²) >= 11 is 1.40. The molecule has 1 aliphatic rings. The summed E-state index contributed by atoms with van der Waals surface area (Å²) in [6.45, 7) is 4.26. The number of carbonyl (C=O) groups excluding carboxylic acids is 2. The minimum absolute atomic E-state index is 0.00172. The Morgan fingerprint density at radius 2 is 1.91 bits per heavy atom. The highest BCUT2D eigenvalue weighted by molar-refractivity contribution is 7.14. The molecule has 1 aliphatic heterocycles. The van der Waals surface area contributed by atoms with Crippen LogP contribution in [-0.4, -0.2) is 41.4 Å². The van der Waals surface area contributed by atoms with Gasteiger partial charge in [0, 0.05) is 49.4 Å². The molecule has 3 heterocycles. The van der Waals surface area contributed by atoms with E-state index >= 15 is 0 Å². The van der Waals surface area contributed by atoms with Gasteiger partial charge in [0.2, 0.25) is 5.91 Å². The third kappa shape index (κ3) is 5.70. The fraction of sp³-hybridized carbons (Fsp3) is 0.333. The number of benzene rings is 1. The fourth-order valence-corrected chi connectivity index (χ4v) is 4.45. The lowest BCUT2D eigenvalue weighted by molar-refractivity contribution is -0.118. The molecule has 0 atom stereocenters. The van der Waals surface area contributed by atoms with Gasteiger partial charge in [-0.25, -0.2) is 4.98 Å². The molecule has 2 N–H and O–H groups in total. The Hall–Kier alpha value is -3.26. The quantitative estimate of drug-likeness (QED) is 0.505. The van der Waals surface area contributed by atoms with Crippen molar-refractivity contribution >= 4 is 34.0 Å². The molecule has 1 fully saturated rings. The van der Waals surface area contributed by atoms with Crippen molar-refractivity contribution in [2.24, 2.45) is 0 Å². The average molecular weight is 450 g/mol. The molecule has 3 aromatic rings. The molecule has 0 bridgehead atoms. The standard InChI is InChI=1S/C24H27N5O2S/c1-17(30)25-11-4-5-18-6-8-19(9-7-18)22-16-32-24(27-22)28-23(31)21-15-20(10-12-26-21)29-13-2-3-14-29/h6-10,12,15-16H,2-5,11,13-14H2,1H3,(H,25,30)(H,27,28,31). The Morgan fingerprint density at radius 1 is 1.12 bits per heavy atom. The summed E-state index contributed by atoms with van der Waals surface area (Å²) in [6.07, 6.45) is 5.86. The molecule has 8 heteroatoms. The number of rotatable bonds is 8. The normalized spacial score (nSPS) is 13.2. The number of aryl methyl sites for hydroxylation is 1.